The molecule has 0 aliphatic heterocycles. The van der Waals surface area contributed by atoms with Gasteiger partial charge >= 0.3 is 0 Å². The number of aliphatic imine (C=N–C) groups is 1. The molecule has 6 aliphatic carbocycles. The van der Waals surface area contributed by atoms with Crippen LogP contribution in [0.25, 0.3) is 11.1 Å². The third kappa shape index (κ3) is 3.09. The van der Waals surface area contributed by atoms with Crippen molar-refractivity contribution >= 4 is 6.21 Å². The third-order valence-electron chi connectivity index (χ3n) is 9.96. The molecule has 0 aromatic heterocycles. The summed E-state index contributed by atoms with van der Waals surface area (Å²) in [6.07, 6.45) is 15.5. The molecule has 3 atom stereocenters. The van der Waals surface area contributed by atoms with Crippen molar-refractivity contribution in [3.05, 3.63) is 53.6 Å². The van der Waals surface area contributed by atoms with E-state index in [0.717, 1.165) is 35.2 Å². The fourth-order valence-corrected chi connectivity index (χ4v) is 8.97. The Labute approximate surface area is 192 Å². The van der Waals surface area contributed by atoms with E-state index in [1.54, 1.807) is 0 Å². The van der Waals surface area contributed by atoms with Crippen LogP contribution in [0, 0.1) is 29.6 Å². The molecule has 2 heteroatoms. The van der Waals surface area contributed by atoms with Crippen LogP contribution in [0.1, 0.15) is 75.3 Å². The molecule has 2 nitrogen and oxygen atoms in total. The largest absolute Gasteiger partial charge is 0.507 e. The zero-order valence-corrected chi connectivity index (χ0v) is 19.0. The van der Waals surface area contributed by atoms with Gasteiger partial charge in [-0.05, 0) is 116 Å². The number of aromatic hydroxyl groups is 1. The van der Waals surface area contributed by atoms with Gasteiger partial charge in [0.2, 0.25) is 0 Å². The van der Waals surface area contributed by atoms with Gasteiger partial charge in [-0.25, -0.2) is 0 Å². The highest BCUT2D eigenvalue weighted by Gasteiger charge is 2.52. The lowest BCUT2D eigenvalue weighted by molar-refractivity contribution is -0.00611. The standard InChI is InChI=1S/C30H35NO/c32-29-26(18-31-28-12-19-6-7-24(28)11-19)13-25(23-4-2-1-3-5-23)14-27(29)30-15-20-8-21(16-30)10-22(9-20)17-30/h1-5,13-14,18-22,24,28,32H,6-12,15-17H2. The van der Waals surface area contributed by atoms with Crippen LogP contribution in [0.4, 0.5) is 0 Å². The van der Waals surface area contributed by atoms with Gasteiger partial charge < -0.3 is 5.11 Å². The number of benzene rings is 2. The van der Waals surface area contributed by atoms with Crippen molar-refractivity contribution in [3.63, 3.8) is 0 Å². The molecular formula is C30H35NO. The number of hydrogen-bond acceptors (Lipinski definition) is 2. The van der Waals surface area contributed by atoms with Crippen LogP contribution in [-0.4, -0.2) is 17.4 Å². The smallest absolute Gasteiger partial charge is 0.128 e. The van der Waals surface area contributed by atoms with Crippen LogP contribution in [0.2, 0.25) is 0 Å². The van der Waals surface area contributed by atoms with Gasteiger partial charge in [0.1, 0.15) is 5.75 Å². The molecule has 3 unspecified atom stereocenters. The Kier molecular flexibility index (Phi) is 4.36. The van der Waals surface area contributed by atoms with E-state index in [-0.39, 0.29) is 5.41 Å². The molecule has 0 saturated heterocycles. The lowest BCUT2D eigenvalue weighted by Crippen LogP contribution is -2.48. The Morgan fingerprint density at radius 1 is 0.781 bits per heavy atom. The maximum absolute atomic E-state index is 11.6. The first kappa shape index (κ1) is 19.4. The number of nitrogens with zero attached hydrogens (tertiary/aromatic N) is 1. The van der Waals surface area contributed by atoms with Gasteiger partial charge in [-0.3, -0.25) is 4.99 Å². The molecule has 6 aliphatic rings. The Bertz CT molecular complexity index is 1020. The molecule has 8 rings (SSSR count). The van der Waals surface area contributed by atoms with Gasteiger partial charge in [-0.2, -0.15) is 0 Å². The van der Waals surface area contributed by atoms with E-state index in [1.807, 2.05) is 6.21 Å². The molecule has 2 aromatic rings. The summed E-state index contributed by atoms with van der Waals surface area (Å²) < 4.78 is 0. The second kappa shape index (κ2) is 7.20. The average molecular weight is 426 g/mol. The zero-order chi connectivity index (χ0) is 21.3. The van der Waals surface area contributed by atoms with Gasteiger partial charge in [-0.15, -0.1) is 0 Å². The van der Waals surface area contributed by atoms with Crippen LogP contribution in [0.3, 0.4) is 0 Å². The van der Waals surface area contributed by atoms with Gasteiger partial charge in [0.25, 0.3) is 0 Å². The van der Waals surface area contributed by atoms with Crippen LogP contribution in [0.5, 0.6) is 5.75 Å². The van der Waals surface area contributed by atoms with Crippen LogP contribution in [0.15, 0.2) is 47.5 Å². The maximum Gasteiger partial charge on any atom is 0.128 e. The molecule has 2 aromatic carbocycles. The summed E-state index contributed by atoms with van der Waals surface area (Å²) in [6, 6.07) is 15.7. The van der Waals surface area contributed by atoms with Crippen LogP contribution >= 0.6 is 0 Å². The number of phenolic OH excluding ortho intramolecular Hbond substituents is 1. The molecule has 6 saturated carbocycles. The Balaban J connectivity index is 1.32. The van der Waals surface area contributed by atoms with Gasteiger partial charge in [0.15, 0.2) is 0 Å². The first-order valence-electron chi connectivity index (χ1n) is 13.1. The zero-order valence-electron chi connectivity index (χ0n) is 19.0. The minimum Gasteiger partial charge on any atom is -0.507 e. The first-order chi connectivity index (χ1) is 15.6. The second-order valence-corrected chi connectivity index (χ2v) is 12.0. The van der Waals surface area contributed by atoms with Crippen molar-refractivity contribution in [1.82, 2.24) is 0 Å². The molecule has 0 heterocycles. The van der Waals surface area contributed by atoms with E-state index in [9.17, 15) is 5.11 Å². The summed E-state index contributed by atoms with van der Waals surface area (Å²) in [7, 11) is 0. The molecule has 6 fully saturated rings. The molecule has 0 radical (unpaired) electrons. The minimum absolute atomic E-state index is 0.179. The highest BCUT2D eigenvalue weighted by molar-refractivity contribution is 5.87. The van der Waals surface area contributed by atoms with Crippen molar-refractivity contribution in [1.29, 1.82) is 0 Å². The average Bonchev–Trinajstić information content (AvgIpc) is 3.41. The predicted molar refractivity (Wildman–Crippen MR) is 130 cm³/mol. The van der Waals surface area contributed by atoms with Crippen LogP contribution in [-0.2, 0) is 5.41 Å². The number of phenols is 1. The lowest BCUT2D eigenvalue weighted by atomic mass is 9.48. The summed E-state index contributed by atoms with van der Waals surface area (Å²) >= 11 is 0. The van der Waals surface area contributed by atoms with Crippen molar-refractivity contribution in [3.8, 4) is 16.9 Å². The van der Waals surface area contributed by atoms with Gasteiger partial charge in [-0.1, -0.05) is 36.8 Å². The van der Waals surface area contributed by atoms with Crippen molar-refractivity contribution in [2.45, 2.75) is 75.7 Å². The third-order valence-corrected chi connectivity index (χ3v) is 9.96. The molecular weight excluding hydrogens is 390 g/mol. The monoisotopic (exact) mass is 425 g/mol. The molecule has 0 spiro atoms. The Hall–Kier alpha value is -2.09. The van der Waals surface area contributed by atoms with E-state index in [0.29, 0.717) is 11.8 Å². The summed E-state index contributed by atoms with van der Waals surface area (Å²) in [6.45, 7) is 0. The van der Waals surface area contributed by atoms with E-state index < -0.39 is 0 Å². The van der Waals surface area contributed by atoms with E-state index in [4.69, 9.17) is 4.99 Å². The topological polar surface area (TPSA) is 32.6 Å². The maximum atomic E-state index is 11.6. The van der Waals surface area contributed by atoms with Crippen molar-refractivity contribution in [2.75, 3.05) is 0 Å². The summed E-state index contributed by atoms with van der Waals surface area (Å²) in [5.74, 6) is 4.80. The number of fused-ring (bicyclic) bond motifs is 2. The molecule has 1 N–H and O–H groups in total. The highest BCUT2D eigenvalue weighted by atomic mass is 16.3. The minimum atomic E-state index is 0.179. The summed E-state index contributed by atoms with van der Waals surface area (Å²) in [5, 5.41) is 11.6. The van der Waals surface area contributed by atoms with E-state index >= 15 is 0 Å². The highest BCUT2D eigenvalue weighted by Crippen LogP contribution is 2.62. The number of rotatable bonds is 4. The number of hydrogen-bond donors (Lipinski definition) is 1. The van der Waals surface area contributed by atoms with Crippen LogP contribution < -0.4 is 0 Å². The summed E-state index contributed by atoms with van der Waals surface area (Å²) in [5.41, 5.74) is 4.84. The fourth-order valence-electron chi connectivity index (χ4n) is 8.97. The van der Waals surface area contributed by atoms with Crippen molar-refractivity contribution in [2.24, 2.45) is 34.6 Å². The molecule has 32 heavy (non-hydrogen) atoms. The van der Waals surface area contributed by atoms with E-state index in [2.05, 4.69) is 42.5 Å². The molecule has 6 bridgehead atoms. The second-order valence-electron chi connectivity index (χ2n) is 12.0. The molecule has 0 amide bonds. The quantitative estimate of drug-likeness (QED) is 0.519. The lowest BCUT2D eigenvalue weighted by Gasteiger charge is -2.57. The molecule has 166 valence electrons. The normalized spacial score (nSPS) is 39.4. The SMILES string of the molecule is Oc1c(C=NC2CC3CCC2C3)cc(-c2ccccc2)cc1C12CC3CC(CC(C3)C1)C2. The van der Waals surface area contributed by atoms with E-state index in [1.165, 1.54) is 80.9 Å². The summed E-state index contributed by atoms with van der Waals surface area (Å²) in [4.78, 5) is 5.07. The van der Waals surface area contributed by atoms with Crippen molar-refractivity contribution < 1.29 is 5.11 Å². The Morgan fingerprint density at radius 2 is 1.50 bits per heavy atom. The predicted octanol–water partition coefficient (Wildman–Crippen LogP) is 7.13. The van der Waals surface area contributed by atoms with Gasteiger partial charge in [0, 0.05) is 17.3 Å². The van der Waals surface area contributed by atoms with Gasteiger partial charge in [0.05, 0.1) is 6.04 Å². The Morgan fingerprint density at radius 3 is 2.12 bits per heavy atom. The fraction of sp³-hybridized carbons (Fsp3) is 0.567. The first-order valence-corrected chi connectivity index (χ1v) is 13.1.